The lowest BCUT2D eigenvalue weighted by Crippen LogP contribution is -2.24. The second-order valence-electron chi connectivity index (χ2n) is 5.71. The van der Waals surface area contributed by atoms with Gasteiger partial charge in [0.2, 0.25) is 23.1 Å². The lowest BCUT2D eigenvalue weighted by molar-refractivity contribution is -0.395. The molecule has 3 rings (SSSR count). The molecule has 0 amide bonds. The minimum absolute atomic E-state index is 0.182. The maximum absolute atomic E-state index is 12.8. The minimum atomic E-state index is -1.69. The van der Waals surface area contributed by atoms with Gasteiger partial charge in [0.15, 0.2) is 0 Å². The molecule has 16 heteroatoms. The van der Waals surface area contributed by atoms with Crippen LogP contribution in [-0.4, -0.2) is 41.5 Å². The number of phenols is 2. The highest BCUT2D eigenvalue weighted by Crippen LogP contribution is 2.49. The van der Waals surface area contributed by atoms with Gasteiger partial charge in [-0.25, -0.2) is 0 Å². The highest BCUT2D eigenvalue weighted by atomic mass is 16.6. The second-order valence-corrected chi connectivity index (χ2v) is 5.71. The monoisotopic (exact) mass is 420 g/mol. The van der Waals surface area contributed by atoms with Crippen molar-refractivity contribution in [3.63, 3.8) is 0 Å². The topological polar surface area (TPSA) is 247 Å². The van der Waals surface area contributed by atoms with Gasteiger partial charge in [0.05, 0.1) is 43.0 Å². The Hall–Kier alpha value is -5.02. The van der Waals surface area contributed by atoms with Crippen molar-refractivity contribution in [2.24, 2.45) is 0 Å². The zero-order chi connectivity index (χ0) is 22.7. The van der Waals surface area contributed by atoms with Gasteiger partial charge in [0.1, 0.15) is 11.1 Å². The van der Waals surface area contributed by atoms with Gasteiger partial charge in [-0.15, -0.1) is 0 Å². The zero-order valence-corrected chi connectivity index (χ0v) is 13.9. The van der Waals surface area contributed by atoms with E-state index in [4.69, 9.17) is 0 Å². The molecule has 0 aliphatic heterocycles. The third kappa shape index (κ3) is 2.47. The Labute approximate surface area is 161 Å². The number of hydrogen-bond donors (Lipinski definition) is 2. The Morgan fingerprint density at radius 3 is 1.07 bits per heavy atom. The molecular formula is C14H4N4O12. The summed E-state index contributed by atoms with van der Waals surface area (Å²) in [7, 11) is 0. The second kappa shape index (κ2) is 6.26. The smallest absolute Gasteiger partial charge is 0.318 e. The lowest BCUT2D eigenvalue weighted by atomic mass is 9.80. The summed E-state index contributed by atoms with van der Waals surface area (Å²) in [5, 5.41) is 64.9. The van der Waals surface area contributed by atoms with Crippen LogP contribution in [0.1, 0.15) is 31.8 Å². The molecule has 0 fully saturated rings. The highest BCUT2D eigenvalue weighted by molar-refractivity contribution is 6.33. The van der Waals surface area contributed by atoms with Gasteiger partial charge in [-0.1, -0.05) is 0 Å². The van der Waals surface area contributed by atoms with Crippen molar-refractivity contribution in [1.29, 1.82) is 0 Å². The van der Waals surface area contributed by atoms with Crippen LogP contribution in [0.15, 0.2) is 12.1 Å². The number of fused-ring (bicyclic) bond motifs is 2. The predicted octanol–water partition coefficient (Wildman–Crippen LogP) is 1.51. The number of nitro groups is 4. The molecule has 0 unspecified atom stereocenters. The third-order valence-electron chi connectivity index (χ3n) is 4.21. The van der Waals surface area contributed by atoms with E-state index in [0.717, 1.165) is 0 Å². The molecule has 0 atom stereocenters. The van der Waals surface area contributed by atoms with Gasteiger partial charge < -0.3 is 10.2 Å². The van der Waals surface area contributed by atoms with Crippen LogP contribution in [0.3, 0.4) is 0 Å². The third-order valence-corrected chi connectivity index (χ3v) is 4.21. The largest absolute Gasteiger partial charge is 0.502 e. The van der Waals surface area contributed by atoms with E-state index in [1.165, 1.54) is 0 Å². The van der Waals surface area contributed by atoms with Crippen molar-refractivity contribution in [1.82, 2.24) is 0 Å². The van der Waals surface area contributed by atoms with Crippen molar-refractivity contribution >= 4 is 34.3 Å². The molecule has 30 heavy (non-hydrogen) atoms. The van der Waals surface area contributed by atoms with E-state index >= 15 is 0 Å². The van der Waals surface area contributed by atoms with E-state index in [-0.39, 0.29) is 12.1 Å². The zero-order valence-electron chi connectivity index (χ0n) is 13.9. The maximum atomic E-state index is 12.8. The highest BCUT2D eigenvalue weighted by Gasteiger charge is 2.47. The van der Waals surface area contributed by atoms with Crippen molar-refractivity contribution in [2.75, 3.05) is 0 Å². The first kappa shape index (κ1) is 19.7. The fourth-order valence-corrected chi connectivity index (χ4v) is 3.01. The van der Waals surface area contributed by atoms with E-state index in [1.54, 1.807) is 0 Å². The molecule has 1 aliphatic rings. The lowest BCUT2D eigenvalue weighted by Gasteiger charge is -2.19. The van der Waals surface area contributed by atoms with Gasteiger partial charge in [-0.2, -0.15) is 0 Å². The predicted molar refractivity (Wildman–Crippen MR) is 89.7 cm³/mol. The average molecular weight is 420 g/mol. The fourth-order valence-electron chi connectivity index (χ4n) is 3.01. The molecule has 2 N–H and O–H groups in total. The molecular weight excluding hydrogens is 416 g/mol. The molecule has 0 aromatic heterocycles. The molecule has 0 saturated carbocycles. The number of phenolic OH excluding ortho intramolecular Hbond substituents is 2. The van der Waals surface area contributed by atoms with Crippen molar-refractivity contribution < 1.29 is 39.5 Å². The average Bonchev–Trinajstić information content (AvgIpc) is 2.64. The molecule has 0 heterocycles. The summed E-state index contributed by atoms with van der Waals surface area (Å²) in [5.41, 5.74) is -10.3. The number of hydrogen-bond acceptors (Lipinski definition) is 12. The summed E-state index contributed by atoms with van der Waals surface area (Å²) in [5.74, 6) is -6.28. The molecule has 0 bridgehead atoms. The van der Waals surface area contributed by atoms with E-state index in [0.29, 0.717) is 0 Å². The van der Waals surface area contributed by atoms with E-state index < -0.39 is 87.8 Å². The standard InChI is InChI=1S/C14H4N4O12/c19-11-5(17(27)28)1-3(15(23)24)7-9(11)14(22)10-8(13(7)21)4(16(25)26)2-6(12(10)20)18(29)30/h1-2,19-20H. The Kier molecular flexibility index (Phi) is 4.12. The summed E-state index contributed by atoms with van der Waals surface area (Å²) in [6, 6.07) is 0.364. The summed E-state index contributed by atoms with van der Waals surface area (Å²) in [4.78, 5) is 65.3. The molecule has 16 nitrogen and oxygen atoms in total. The maximum Gasteiger partial charge on any atom is 0.318 e. The van der Waals surface area contributed by atoms with Crippen LogP contribution in [0.5, 0.6) is 11.5 Å². The van der Waals surface area contributed by atoms with Crippen molar-refractivity contribution in [2.45, 2.75) is 0 Å². The summed E-state index contributed by atoms with van der Waals surface area (Å²) >= 11 is 0. The molecule has 2 aromatic rings. The molecule has 1 aliphatic carbocycles. The molecule has 152 valence electrons. The van der Waals surface area contributed by atoms with E-state index in [2.05, 4.69) is 0 Å². The Balaban J connectivity index is 2.57. The number of ketones is 2. The Morgan fingerprint density at radius 2 is 0.800 bits per heavy atom. The fraction of sp³-hybridized carbons (Fsp3) is 0. The first-order valence-electron chi connectivity index (χ1n) is 7.37. The molecule has 0 radical (unpaired) electrons. The van der Waals surface area contributed by atoms with Gasteiger partial charge >= 0.3 is 11.4 Å². The Bertz CT molecular complexity index is 1170. The molecule has 2 aromatic carbocycles. The van der Waals surface area contributed by atoms with Crippen molar-refractivity contribution in [3.8, 4) is 11.5 Å². The van der Waals surface area contributed by atoms with E-state index in [9.17, 15) is 60.3 Å². The van der Waals surface area contributed by atoms with Crippen LogP contribution in [0.4, 0.5) is 22.7 Å². The normalized spacial score (nSPS) is 12.1. The summed E-state index contributed by atoms with van der Waals surface area (Å²) in [6.45, 7) is 0. The van der Waals surface area contributed by atoms with Crippen molar-refractivity contribution in [3.05, 3.63) is 74.8 Å². The molecule has 0 spiro atoms. The van der Waals surface area contributed by atoms with Crippen LogP contribution >= 0.6 is 0 Å². The summed E-state index contributed by atoms with van der Waals surface area (Å²) in [6.07, 6.45) is 0. The van der Waals surface area contributed by atoms with Crippen LogP contribution in [0.2, 0.25) is 0 Å². The first-order valence-corrected chi connectivity index (χ1v) is 7.37. The number of nitrogens with zero attached hydrogens (tertiary/aromatic N) is 4. The van der Waals surface area contributed by atoms with Crippen LogP contribution in [0.25, 0.3) is 0 Å². The van der Waals surface area contributed by atoms with Crippen LogP contribution < -0.4 is 0 Å². The van der Waals surface area contributed by atoms with Crippen LogP contribution in [0, 0.1) is 40.5 Å². The SMILES string of the molecule is O=C1c2c([N+](=O)[O-])cc([N+](=O)[O-])c(O)c2C(=O)c2c(O)c([N+](=O)[O-])cc([N+](=O)[O-])c21. The Morgan fingerprint density at radius 1 is 0.533 bits per heavy atom. The number of rotatable bonds is 4. The summed E-state index contributed by atoms with van der Waals surface area (Å²) < 4.78 is 0. The van der Waals surface area contributed by atoms with Gasteiger partial charge in [-0.3, -0.25) is 50.0 Å². The number of aromatic hydroxyl groups is 2. The number of nitro benzene ring substituents is 4. The van der Waals surface area contributed by atoms with Gasteiger partial charge in [-0.05, 0) is 0 Å². The minimum Gasteiger partial charge on any atom is -0.502 e. The number of carbonyl (C=O) groups excluding carboxylic acids is 2. The van der Waals surface area contributed by atoms with Gasteiger partial charge in [0, 0.05) is 0 Å². The quantitative estimate of drug-likeness (QED) is 0.450. The van der Waals surface area contributed by atoms with E-state index in [1.807, 2.05) is 0 Å². The first-order chi connectivity index (χ1) is 13.9. The molecule has 0 saturated heterocycles. The number of benzene rings is 2. The number of carbonyl (C=O) groups is 2. The van der Waals surface area contributed by atoms with Gasteiger partial charge in [0.25, 0.3) is 11.4 Å². The van der Waals surface area contributed by atoms with Crippen LogP contribution in [-0.2, 0) is 0 Å².